The van der Waals surface area contributed by atoms with Gasteiger partial charge in [0.05, 0.1) is 5.92 Å². The predicted octanol–water partition coefficient (Wildman–Crippen LogP) is 2.97. The summed E-state index contributed by atoms with van der Waals surface area (Å²) >= 11 is 0. The maximum atomic E-state index is 12.4. The highest BCUT2D eigenvalue weighted by molar-refractivity contribution is 6.00. The van der Waals surface area contributed by atoms with Crippen molar-refractivity contribution in [3.63, 3.8) is 0 Å². The predicted molar refractivity (Wildman–Crippen MR) is 94.7 cm³/mol. The SMILES string of the molecule is Cc1ccc(N2C[C@H](C(=O)NCc3cccc(C)c3)CC2=O)cc1. The molecule has 0 spiro atoms. The molecule has 0 radical (unpaired) electrons. The second kappa shape index (κ2) is 6.87. The molecule has 2 amide bonds. The van der Waals surface area contributed by atoms with Crippen LogP contribution in [0.4, 0.5) is 5.69 Å². The van der Waals surface area contributed by atoms with E-state index in [-0.39, 0.29) is 24.2 Å². The molecule has 4 nitrogen and oxygen atoms in total. The van der Waals surface area contributed by atoms with Crippen molar-refractivity contribution in [2.24, 2.45) is 5.92 Å². The molecule has 1 fully saturated rings. The Labute approximate surface area is 142 Å². The van der Waals surface area contributed by atoms with Crippen LogP contribution in [0.5, 0.6) is 0 Å². The smallest absolute Gasteiger partial charge is 0.227 e. The van der Waals surface area contributed by atoms with Crippen molar-refractivity contribution in [3.8, 4) is 0 Å². The average Bonchev–Trinajstić information content (AvgIpc) is 2.95. The summed E-state index contributed by atoms with van der Waals surface area (Å²) in [5.74, 6) is -0.336. The van der Waals surface area contributed by atoms with Crippen LogP contribution in [-0.2, 0) is 16.1 Å². The number of carbonyl (C=O) groups is 2. The van der Waals surface area contributed by atoms with E-state index < -0.39 is 0 Å². The van der Waals surface area contributed by atoms with E-state index in [4.69, 9.17) is 0 Å². The van der Waals surface area contributed by atoms with Crippen LogP contribution < -0.4 is 10.2 Å². The van der Waals surface area contributed by atoms with Crippen LogP contribution in [0.15, 0.2) is 48.5 Å². The molecular formula is C20H22N2O2. The minimum Gasteiger partial charge on any atom is -0.352 e. The number of benzene rings is 2. The highest BCUT2D eigenvalue weighted by Gasteiger charge is 2.34. The van der Waals surface area contributed by atoms with Crippen LogP contribution >= 0.6 is 0 Å². The molecule has 1 saturated heterocycles. The molecule has 0 unspecified atom stereocenters. The van der Waals surface area contributed by atoms with Gasteiger partial charge >= 0.3 is 0 Å². The maximum absolute atomic E-state index is 12.4. The highest BCUT2D eigenvalue weighted by atomic mass is 16.2. The molecule has 1 atom stereocenters. The van der Waals surface area contributed by atoms with Crippen LogP contribution in [0.3, 0.4) is 0 Å². The summed E-state index contributed by atoms with van der Waals surface area (Å²) in [4.78, 5) is 26.3. The van der Waals surface area contributed by atoms with Gasteiger partial charge in [0.25, 0.3) is 0 Å². The summed E-state index contributed by atoms with van der Waals surface area (Å²) in [5.41, 5.74) is 4.25. The van der Waals surface area contributed by atoms with Crippen molar-refractivity contribution in [2.45, 2.75) is 26.8 Å². The Morgan fingerprint density at radius 1 is 1.12 bits per heavy atom. The first-order valence-corrected chi connectivity index (χ1v) is 8.23. The van der Waals surface area contributed by atoms with E-state index in [1.165, 1.54) is 5.56 Å². The van der Waals surface area contributed by atoms with Crippen molar-refractivity contribution in [1.82, 2.24) is 5.32 Å². The normalized spacial score (nSPS) is 17.2. The van der Waals surface area contributed by atoms with E-state index in [2.05, 4.69) is 11.4 Å². The van der Waals surface area contributed by atoms with E-state index in [1.807, 2.05) is 56.3 Å². The second-order valence-electron chi connectivity index (χ2n) is 6.45. The van der Waals surface area contributed by atoms with Crippen molar-refractivity contribution >= 4 is 17.5 Å². The lowest BCUT2D eigenvalue weighted by Gasteiger charge is -2.17. The van der Waals surface area contributed by atoms with Gasteiger partial charge in [0.1, 0.15) is 0 Å². The monoisotopic (exact) mass is 322 g/mol. The molecule has 0 bridgehead atoms. The molecule has 0 aromatic heterocycles. The number of hydrogen-bond acceptors (Lipinski definition) is 2. The fourth-order valence-electron chi connectivity index (χ4n) is 3.01. The minimum atomic E-state index is -0.288. The molecule has 1 N–H and O–H groups in total. The lowest BCUT2D eigenvalue weighted by Crippen LogP contribution is -2.32. The van der Waals surface area contributed by atoms with Crippen molar-refractivity contribution in [1.29, 1.82) is 0 Å². The molecule has 0 aliphatic carbocycles. The molecule has 1 heterocycles. The Morgan fingerprint density at radius 3 is 2.58 bits per heavy atom. The van der Waals surface area contributed by atoms with Gasteiger partial charge in [-0.15, -0.1) is 0 Å². The molecule has 24 heavy (non-hydrogen) atoms. The summed E-state index contributed by atoms with van der Waals surface area (Å²) in [6.07, 6.45) is 0.271. The van der Waals surface area contributed by atoms with Crippen LogP contribution in [0.1, 0.15) is 23.1 Å². The highest BCUT2D eigenvalue weighted by Crippen LogP contribution is 2.25. The Balaban J connectivity index is 1.60. The molecule has 1 aliphatic heterocycles. The van der Waals surface area contributed by atoms with Gasteiger partial charge in [-0.05, 0) is 31.5 Å². The first-order chi connectivity index (χ1) is 11.5. The number of nitrogens with one attached hydrogen (secondary N) is 1. The average molecular weight is 322 g/mol. The number of amides is 2. The van der Waals surface area contributed by atoms with Gasteiger partial charge < -0.3 is 10.2 Å². The Bertz CT molecular complexity index is 752. The third-order valence-electron chi connectivity index (χ3n) is 4.39. The van der Waals surface area contributed by atoms with Gasteiger partial charge in [-0.25, -0.2) is 0 Å². The van der Waals surface area contributed by atoms with Gasteiger partial charge in [0, 0.05) is 25.2 Å². The number of hydrogen-bond donors (Lipinski definition) is 1. The van der Waals surface area contributed by atoms with Crippen LogP contribution in [0.2, 0.25) is 0 Å². The van der Waals surface area contributed by atoms with Crippen molar-refractivity contribution in [2.75, 3.05) is 11.4 Å². The maximum Gasteiger partial charge on any atom is 0.227 e. The lowest BCUT2D eigenvalue weighted by molar-refractivity contribution is -0.126. The van der Waals surface area contributed by atoms with E-state index in [0.717, 1.165) is 16.8 Å². The third kappa shape index (κ3) is 3.65. The van der Waals surface area contributed by atoms with E-state index >= 15 is 0 Å². The largest absolute Gasteiger partial charge is 0.352 e. The van der Waals surface area contributed by atoms with E-state index in [1.54, 1.807) is 4.90 Å². The van der Waals surface area contributed by atoms with Gasteiger partial charge in [-0.2, -0.15) is 0 Å². The molecule has 4 heteroatoms. The zero-order chi connectivity index (χ0) is 17.1. The van der Waals surface area contributed by atoms with Gasteiger partial charge in [-0.3, -0.25) is 9.59 Å². The Kier molecular flexibility index (Phi) is 4.65. The number of anilines is 1. The lowest BCUT2D eigenvalue weighted by atomic mass is 10.1. The second-order valence-corrected chi connectivity index (χ2v) is 6.45. The van der Waals surface area contributed by atoms with Crippen molar-refractivity contribution < 1.29 is 9.59 Å². The Hall–Kier alpha value is -2.62. The third-order valence-corrected chi connectivity index (χ3v) is 4.39. The zero-order valence-electron chi connectivity index (χ0n) is 14.1. The summed E-state index contributed by atoms with van der Waals surface area (Å²) in [6, 6.07) is 15.9. The van der Waals surface area contributed by atoms with E-state index in [0.29, 0.717) is 13.1 Å². The number of rotatable bonds is 4. The van der Waals surface area contributed by atoms with E-state index in [9.17, 15) is 9.59 Å². The first-order valence-electron chi connectivity index (χ1n) is 8.23. The molecule has 3 rings (SSSR count). The summed E-state index contributed by atoms with van der Waals surface area (Å²) in [7, 11) is 0. The molecule has 1 aliphatic rings. The Morgan fingerprint density at radius 2 is 1.88 bits per heavy atom. The molecule has 124 valence electrons. The summed E-state index contributed by atoms with van der Waals surface area (Å²) in [5, 5.41) is 2.95. The van der Waals surface area contributed by atoms with Crippen LogP contribution in [-0.4, -0.2) is 18.4 Å². The van der Waals surface area contributed by atoms with Crippen LogP contribution in [0, 0.1) is 19.8 Å². The minimum absolute atomic E-state index is 0.00885. The molecular weight excluding hydrogens is 300 g/mol. The quantitative estimate of drug-likeness (QED) is 0.941. The number of carbonyl (C=O) groups excluding carboxylic acids is 2. The fourth-order valence-corrected chi connectivity index (χ4v) is 3.01. The van der Waals surface area contributed by atoms with Crippen molar-refractivity contribution in [3.05, 3.63) is 65.2 Å². The number of nitrogens with zero attached hydrogens (tertiary/aromatic N) is 1. The number of aryl methyl sites for hydroxylation is 2. The molecule has 0 saturated carbocycles. The van der Waals surface area contributed by atoms with Gasteiger partial charge in [0.15, 0.2) is 0 Å². The first kappa shape index (κ1) is 16.2. The standard InChI is InChI=1S/C20H22N2O2/c1-14-6-8-18(9-7-14)22-13-17(11-19(22)23)20(24)21-12-16-5-3-4-15(2)10-16/h3-10,17H,11-13H2,1-2H3,(H,21,24)/t17-/m1/s1. The van der Waals surface area contributed by atoms with Crippen LogP contribution in [0.25, 0.3) is 0 Å². The summed E-state index contributed by atoms with van der Waals surface area (Å²) in [6.45, 7) is 4.98. The summed E-state index contributed by atoms with van der Waals surface area (Å²) < 4.78 is 0. The van der Waals surface area contributed by atoms with Gasteiger partial charge in [0.2, 0.25) is 11.8 Å². The topological polar surface area (TPSA) is 49.4 Å². The zero-order valence-corrected chi connectivity index (χ0v) is 14.1. The fraction of sp³-hybridized carbons (Fsp3) is 0.300. The molecule has 2 aromatic carbocycles. The molecule has 2 aromatic rings. The van der Waals surface area contributed by atoms with Gasteiger partial charge in [-0.1, -0.05) is 47.5 Å².